The van der Waals surface area contributed by atoms with Gasteiger partial charge in [0, 0.05) is 18.3 Å². The first-order valence-corrected chi connectivity index (χ1v) is 7.62. The molecule has 0 amide bonds. The van der Waals surface area contributed by atoms with E-state index in [9.17, 15) is 0 Å². The summed E-state index contributed by atoms with van der Waals surface area (Å²) in [4.78, 5) is 11.8. The molecular weight excluding hydrogens is 266 g/mol. The van der Waals surface area contributed by atoms with Crippen LogP contribution in [0.25, 0.3) is 10.2 Å². The quantitative estimate of drug-likeness (QED) is 0.789. The third-order valence-corrected chi connectivity index (χ3v) is 4.45. The van der Waals surface area contributed by atoms with Crippen LogP contribution in [0.1, 0.15) is 23.2 Å². The van der Waals surface area contributed by atoms with E-state index in [0.29, 0.717) is 0 Å². The van der Waals surface area contributed by atoms with Crippen molar-refractivity contribution in [2.45, 2.75) is 19.8 Å². The summed E-state index contributed by atoms with van der Waals surface area (Å²) in [5.74, 6) is 1.80. The summed E-state index contributed by atoms with van der Waals surface area (Å²) >= 11 is 1.76. The third kappa shape index (κ3) is 2.51. The summed E-state index contributed by atoms with van der Waals surface area (Å²) in [6, 6.07) is 12.5. The Bertz CT molecular complexity index is 719. The van der Waals surface area contributed by atoms with Crippen molar-refractivity contribution in [1.29, 1.82) is 0 Å². The van der Waals surface area contributed by atoms with Gasteiger partial charge in [-0.05, 0) is 18.1 Å². The lowest BCUT2D eigenvalue weighted by Crippen LogP contribution is -2.01. The van der Waals surface area contributed by atoms with E-state index in [1.807, 2.05) is 25.2 Å². The first kappa shape index (κ1) is 13.1. The molecule has 4 heteroatoms. The molecule has 3 nitrogen and oxygen atoms in total. The highest BCUT2D eigenvalue weighted by atomic mass is 32.1. The molecule has 0 aliphatic carbocycles. The van der Waals surface area contributed by atoms with Gasteiger partial charge in [0.25, 0.3) is 0 Å². The first-order chi connectivity index (χ1) is 9.80. The molecule has 0 saturated heterocycles. The summed E-state index contributed by atoms with van der Waals surface area (Å²) in [6.45, 7) is 2.17. The molecule has 0 aliphatic rings. The maximum atomic E-state index is 4.72. The van der Waals surface area contributed by atoms with Gasteiger partial charge in [0.1, 0.15) is 16.5 Å². The molecule has 0 fully saturated rings. The Morgan fingerprint density at radius 3 is 2.65 bits per heavy atom. The fraction of sp³-hybridized carbons (Fsp3) is 0.250. The maximum absolute atomic E-state index is 4.72. The third-order valence-electron chi connectivity index (χ3n) is 3.28. The number of hydrogen-bond donors (Lipinski definition) is 1. The SMILES string of the molecule is CCc1cc2c(NC)nc(Cc3ccccc3)nc2s1. The van der Waals surface area contributed by atoms with Crippen molar-refractivity contribution >= 4 is 27.4 Å². The van der Waals surface area contributed by atoms with E-state index in [1.165, 1.54) is 10.4 Å². The van der Waals surface area contributed by atoms with Gasteiger partial charge < -0.3 is 5.32 Å². The van der Waals surface area contributed by atoms with Crippen LogP contribution in [-0.4, -0.2) is 17.0 Å². The van der Waals surface area contributed by atoms with E-state index in [2.05, 4.69) is 35.4 Å². The van der Waals surface area contributed by atoms with E-state index in [0.717, 1.165) is 34.7 Å². The number of aromatic nitrogens is 2. The minimum Gasteiger partial charge on any atom is -0.372 e. The zero-order valence-corrected chi connectivity index (χ0v) is 12.5. The Hall–Kier alpha value is -1.94. The van der Waals surface area contributed by atoms with Crippen molar-refractivity contribution in [3.63, 3.8) is 0 Å². The van der Waals surface area contributed by atoms with Crippen LogP contribution >= 0.6 is 11.3 Å². The molecule has 0 saturated carbocycles. The standard InChI is InChI=1S/C16H17N3S/c1-3-12-10-13-15(17-2)18-14(19-16(13)20-12)9-11-7-5-4-6-8-11/h4-8,10H,3,9H2,1-2H3,(H,17,18,19). The molecule has 0 bridgehead atoms. The van der Waals surface area contributed by atoms with Crippen LogP contribution < -0.4 is 5.32 Å². The Balaban J connectivity index is 2.03. The normalized spacial score (nSPS) is 10.9. The molecule has 1 N–H and O–H groups in total. The van der Waals surface area contributed by atoms with Crippen LogP contribution in [0, 0.1) is 0 Å². The van der Waals surface area contributed by atoms with Crippen molar-refractivity contribution in [1.82, 2.24) is 9.97 Å². The molecule has 3 aromatic rings. The second-order valence-corrected chi connectivity index (χ2v) is 5.80. The number of aryl methyl sites for hydroxylation is 1. The van der Waals surface area contributed by atoms with Gasteiger partial charge >= 0.3 is 0 Å². The van der Waals surface area contributed by atoms with Crippen molar-refractivity contribution in [3.05, 3.63) is 52.7 Å². The van der Waals surface area contributed by atoms with E-state index >= 15 is 0 Å². The lowest BCUT2D eigenvalue weighted by Gasteiger charge is -2.05. The first-order valence-electron chi connectivity index (χ1n) is 6.81. The van der Waals surface area contributed by atoms with E-state index in [1.54, 1.807) is 11.3 Å². The zero-order chi connectivity index (χ0) is 13.9. The van der Waals surface area contributed by atoms with E-state index in [-0.39, 0.29) is 0 Å². The average molecular weight is 283 g/mol. The summed E-state index contributed by atoms with van der Waals surface area (Å²) in [5, 5.41) is 4.32. The fourth-order valence-corrected chi connectivity index (χ4v) is 3.22. The van der Waals surface area contributed by atoms with Gasteiger partial charge in [-0.2, -0.15) is 0 Å². The van der Waals surface area contributed by atoms with Crippen LogP contribution in [0.4, 0.5) is 5.82 Å². The van der Waals surface area contributed by atoms with Crippen molar-refractivity contribution < 1.29 is 0 Å². The van der Waals surface area contributed by atoms with Crippen molar-refractivity contribution in [2.75, 3.05) is 12.4 Å². The monoisotopic (exact) mass is 283 g/mol. The largest absolute Gasteiger partial charge is 0.372 e. The van der Waals surface area contributed by atoms with Crippen LogP contribution in [0.15, 0.2) is 36.4 Å². The second kappa shape index (κ2) is 5.59. The van der Waals surface area contributed by atoms with Crippen LogP contribution in [-0.2, 0) is 12.8 Å². The fourth-order valence-electron chi connectivity index (χ4n) is 2.24. The van der Waals surface area contributed by atoms with Gasteiger partial charge in [-0.1, -0.05) is 37.3 Å². The molecular formula is C16H17N3S. The molecule has 0 atom stereocenters. The van der Waals surface area contributed by atoms with Crippen molar-refractivity contribution in [2.24, 2.45) is 0 Å². The number of anilines is 1. The molecule has 0 aliphatic heterocycles. The number of rotatable bonds is 4. The molecule has 0 spiro atoms. The molecule has 0 unspecified atom stereocenters. The number of thiophene rings is 1. The number of hydrogen-bond acceptors (Lipinski definition) is 4. The second-order valence-electron chi connectivity index (χ2n) is 4.69. The molecule has 2 aromatic heterocycles. The topological polar surface area (TPSA) is 37.8 Å². The van der Waals surface area contributed by atoms with Gasteiger partial charge in [-0.15, -0.1) is 11.3 Å². The molecule has 2 heterocycles. The van der Waals surface area contributed by atoms with Gasteiger partial charge in [0.05, 0.1) is 5.39 Å². The van der Waals surface area contributed by atoms with E-state index < -0.39 is 0 Å². The minimum atomic E-state index is 0.769. The van der Waals surface area contributed by atoms with Gasteiger partial charge in [0.15, 0.2) is 0 Å². The number of nitrogens with one attached hydrogen (secondary N) is 1. The van der Waals surface area contributed by atoms with Crippen LogP contribution in [0.5, 0.6) is 0 Å². The van der Waals surface area contributed by atoms with E-state index in [4.69, 9.17) is 4.98 Å². The Morgan fingerprint density at radius 1 is 1.15 bits per heavy atom. The Labute approximate surface area is 122 Å². The average Bonchev–Trinajstić information content (AvgIpc) is 2.90. The predicted molar refractivity (Wildman–Crippen MR) is 85.6 cm³/mol. The van der Waals surface area contributed by atoms with Gasteiger partial charge in [0.2, 0.25) is 0 Å². The van der Waals surface area contributed by atoms with Gasteiger partial charge in [-0.25, -0.2) is 9.97 Å². The minimum absolute atomic E-state index is 0.769. The summed E-state index contributed by atoms with van der Waals surface area (Å²) in [7, 11) is 1.91. The van der Waals surface area contributed by atoms with Crippen LogP contribution in [0.2, 0.25) is 0 Å². The molecule has 0 radical (unpaired) electrons. The Kier molecular flexibility index (Phi) is 3.65. The lowest BCUT2D eigenvalue weighted by atomic mass is 10.1. The highest BCUT2D eigenvalue weighted by Crippen LogP contribution is 2.29. The van der Waals surface area contributed by atoms with Gasteiger partial charge in [-0.3, -0.25) is 0 Å². The lowest BCUT2D eigenvalue weighted by molar-refractivity contribution is 0.997. The summed E-state index contributed by atoms with van der Waals surface area (Å²) in [6.07, 6.45) is 1.81. The number of fused-ring (bicyclic) bond motifs is 1. The van der Waals surface area contributed by atoms with Crippen LogP contribution in [0.3, 0.4) is 0 Å². The molecule has 1 aromatic carbocycles. The highest BCUT2D eigenvalue weighted by molar-refractivity contribution is 7.18. The van der Waals surface area contributed by atoms with Crippen molar-refractivity contribution in [3.8, 4) is 0 Å². The number of benzene rings is 1. The highest BCUT2D eigenvalue weighted by Gasteiger charge is 2.10. The smallest absolute Gasteiger partial charge is 0.138 e. The molecule has 102 valence electrons. The number of nitrogens with zero attached hydrogens (tertiary/aromatic N) is 2. The maximum Gasteiger partial charge on any atom is 0.138 e. The molecule has 20 heavy (non-hydrogen) atoms. The summed E-state index contributed by atoms with van der Waals surface area (Å²) < 4.78 is 0. The summed E-state index contributed by atoms with van der Waals surface area (Å²) in [5.41, 5.74) is 1.24. The Morgan fingerprint density at radius 2 is 1.95 bits per heavy atom. The predicted octanol–water partition coefficient (Wildman–Crippen LogP) is 3.89. The zero-order valence-electron chi connectivity index (χ0n) is 11.7. The molecule has 3 rings (SSSR count).